The van der Waals surface area contributed by atoms with E-state index in [1.54, 1.807) is 0 Å². The summed E-state index contributed by atoms with van der Waals surface area (Å²) in [6, 6.07) is 41.9. The van der Waals surface area contributed by atoms with Crippen molar-refractivity contribution in [3.8, 4) is 27.9 Å². The highest BCUT2D eigenvalue weighted by atomic mass is 15.0. The lowest BCUT2D eigenvalue weighted by Crippen LogP contribution is -1.98. The molecule has 0 N–H and O–H groups in total. The zero-order chi connectivity index (χ0) is 22.4. The number of aryl methyl sites for hydroxylation is 2. The van der Waals surface area contributed by atoms with Gasteiger partial charge in [0.05, 0.1) is 16.7 Å². The quantitative estimate of drug-likeness (QED) is 0.268. The van der Waals surface area contributed by atoms with E-state index < -0.39 is 0 Å². The number of nitrogens with zero attached hydrogens (tertiary/aromatic N) is 1. The van der Waals surface area contributed by atoms with E-state index >= 15 is 0 Å². The number of benzene rings is 5. The van der Waals surface area contributed by atoms with Gasteiger partial charge in [0, 0.05) is 16.3 Å². The lowest BCUT2D eigenvalue weighted by molar-refractivity contribution is 1.18. The molecule has 0 amide bonds. The van der Waals surface area contributed by atoms with Crippen LogP contribution in [0.3, 0.4) is 0 Å². The highest BCUT2D eigenvalue weighted by Gasteiger charge is 2.16. The lowest BCUT2D eigenvalue weighted by atomic mass is 9.97. The molecule has 0 radical (unpaired) electrons. The largest absolute Gasteiger partial charge is 0.309 e. The normalized spacial score (nSPS) is 11.3. The molecule has 0 bridgehead atoms. The Morgan fingerprint density at radius 2 is 0.939 bits per heavy atom. The molecule has 0 unspecified atom stereocenters. The molecule has 0 aliphatic heterocycles. The predicted molar refractivity (Wildman–Crippen MR) is 141 cm³/mol. The van der Waals surface area contributed by atoms with Gasteiger partial charge in [-0.15, -0.1) is 0 Å². The van der Waals surface area contributed by atoms with E-state index in [4.69, 9.17) is 0 Å². The Morgan fingerprint density at radius 3 is 1.52 bits per heavy atom. The molecule has 0 saturated carbocycles. The maximum Gasteiger partial charge on any atom is 0.0546 e. The summed E-state index contributed by atoms with van der Waals surface area (Å²) < 4.78 is 2.43. The molecule has 158 valence electrons. The summed E-state index contributed by atoms with van der Waals surface area (Å²) in [5.74, 6) is 0. The Balaban J connectivity index is 1.70. The molecule has 0 fully saturated rings. The molecule has 5 aromatic carbocycles. The van der Waals surface area contributed by atoms with E-state index in [-0.39, 0.29) is 0 Å². The molecule has 1 aromatic heterocycles. The van der Waals surface area contributed by atoms with Gasteiger partial charge >= 0.3 is 0 Å². The summed E-state index contributed by atoms with van der Waals surface area (Å²) in [7, 11) is 0. The summed E-state index contributed by atoms with van der Waals surface area (Å²) in [6.45, 7) is 4.27. The Labute approximate surface area is 194 Å². The summed E-state index contributed by atoms with van der Waals surface area (Å²) >= 11 is 0. The first-order valence-electron chi connectivity index (χ1n) is 11.5. The number of para-hydroxylation sites is 2. The van der Waals surface area contributed by atoms with Gasteiger partial charge in [0.2, 0.25) is 0 Å². The van der Waals surface area contributed by atoms with Crippen molar-refractivity contribution in [2.24, 2.45) is 0 Å². The SMILES string of the molecule is Cc1ccc(-c2ccc(-c3ccc(C)cc3)c(-n3c4ccccc4c4ccccc43)c2)cc1. The molecule has 0 atom stereocenters. The fourth-order valence-corrected chi connectivity index (χ4v) is 4.80. The standard InChI is InChI=1S/C32H25N/c1-22-11-15-24(16-12-22)26-19-20-27(25-17-13-23(2)14-18-25)32(21-26)33-30-9-5-3-7-28(30)29-8-4-6-10-31(29)33/h3-21H,1-2H3. The topological polar surface area (TPSA) is 4.93 Å². The average Bonchev–Trinajstić information content (AvgIpc) is 3.19. The second-order valence-corrected chi connectivity index (χ2v) is 8.83. The van der Waals surface area contributed by atoms with Crippen molar-refractivity contribution in [3.63, 3.8) is 0 Å². The van der Waals surface area contributed by atoms with E-state index in [9.17, 15) is 0 Å². The molecule has 1 heteroatoms. The molecule has 1 nitrogen and oxygen atoms in total. The molecule has 0 saturated heterocycles. The minimum Gasteiger partial charge on any atom is -0.309 e. The van der Waals surface area contributed by atoms with Crippen molar-refractivity contribution < 1.29 is 0 Å². The van der Waals surface area contributed by atoms with E-state index in [0.29, 0.717) is 0 Å². The van der Waals surface area contributed by atoms with Gasteiger partial charge in [0.1, 0.15) is 0 Å². The first-order chi connectivity index (χ1) is 16.2. The van der Waals surface area contributed by atoms with Crippen molar-refractivity contribution in [2.45, 2.75) is 13.8 Å². The first-order valence-corrected chi connectivity index (χ1v) is 11.5. The van der Waals surface area contributed by atoms with Crippen LogP contribution >= 0.6 is 0 Å². The molecule has 0 aliphatic rings. The van der Waals surface area contributed by atoms with E-state index in [0.717, 1.165) is 0 Å². The molecule has 1 heterocycles. The van der Waals surface area contributed by atoms with Gasteiger partial charge in [-0.25, -0.2) is 0 Å². The lowest BCUT2D eigenvalue weighted by Gasteiger charge is -2.16. The Morgan fingerprint density at radius 1 is 0.455 bits per heavy atom. The molecule has 33 heavy (non-hydrogen) atoms. The molecule has 0 spiro atoms. The highest BCUT2D eigenvalue weighted by molar-refractivity contribution is 6.09. The van der Waals surface area contributed by atoms with Gasteiger partial charge in [-0.2, -0.15) is 0 Å². The van der Waals surface area contributed by atoms with Gasteiger partial charge in [0.15, 0.2) is 0 Å². The molecule has 6 rings (SSSR count). The summed E-state index contributed by atoms with van der Waals surface area (Å²) in [4.78, 5) is 0. The van der Waals surface area contributed by atoms with Crippen molar-refractivity contribution in [1.82, 2.24) is 4.57 Å². The van der Waals surface area contributed by atoms with Crippen LogP contribution in [-0.2, 0) is 0 Å². The van der Waals surface area contributed by atoms with Crippen LogP contribution in [0.15, 0.2) is 115 Å². The molecular formula is C32H25N. The first kappa shape index (κ1) is 19.6. The summed E-state index contributed by atoms with van der Waals surface area (Å²) in [5.41, 5.74) is 11.1. The third kappa shape index (κ3) is 3.34. The van der Waals surface area contributed by atoms with E-state index in [1.807, 2.05) is 0 Å². The Hall–Kier alpha value is -4.10. The molecule has 6 aromatic rings. The van der Waals surface area contributed by atoms with Crippen LogP contribution in [0.1, 0.15) is 11.1 Å². The smallest absolute Gasteiger partial charge is 0.0546 e. The summed E-state index contributed by atoms with van der Waals surface area (Å²) in [5, 5.41) is 2.56. The van der Waals surface area contributed by atoms with Crippen LogP contribution in [0.4, 0.5) is 0 Å². The van der Waals surface area contributed by atoms with E-state index in [2.05, 4.69) is 134 Å². The van der Waals surface area contributed by atoms with Crippen LogP contribution in [0.2, 0.25) is 0 Å². The number of hydrogen-bond acceptors (Lipinski definition) is 0. The van der Waals surface area contributed by atoms with Gasteiger partial charge in [-0.05, 0) is 48.7 Å². The highest BCUT2D eigenvalue weighted by Crippen LogP contribution is 2.38. The maximum atomic E-state index is 2.43. The van der Waals surface area contributed by atoms with Crippen LogP contribution < -0.4 is 0 Å². The number of rotatable bonds is 3. The minimum atomic E-state index is 1.20. The average molecular weight is 424 g/mol. The zero-order valence-corrected chi connectivity index (χ0v) is 18.9. The second-order valence-electron chi connectivity index (χ2n) is 8.83. The predicted octanol–water partition coefficient (Wildman–Crippen LogP) is 8.73. The second kappa shape index (κ2) is 7.79. The van der Waals surface area contributed by atoms with E-state index in [1.165, 1.54) is 60.9 Å². The monoisotopic (exact) mass is 423 g/mol. The van der Waals surface area contributed by atoms with Gasteiger partial charge in [-0.3, -0.25) is 0 Å². The van der Waals surface area contributed by atoms with Crippen LogP contribution in [0, 0.1) is 13.8 Å². The summed E-state index contributed by atoms with van der Waals surface area (Å²) in [6.07, 6.45) is 0. The fraction of sp³-hybridized carbons (Fsp3) is 0.0625. The van der Waals surface area contributed by atoms with Gasteiger partial charge in [0.25, 0.3) is 0 Å². The zero-order valence-electron chi connectivity index (χ0n) is 18.9. The number of aromatic nitrogens is 1. The van der Waals surface area contributed by atoms with Crippen molar-refractivity contribution >= 4 is 21.8 Å². The van der Waals surface area contributed by atoms with Crippen LogP contribution in [0.25, 0.3) is 49.7 Å². The maximum absolute atomic E-state index is 2.43. The number of hydrogen-bond donors (Lipinski definition) is 0. The minimum absolute atomic E-state index is 1.20. The Bertz CT molecular complexity index is 1550. The molecule has 0 aliphatic carbocycles. The van der Waals surface area contributed by atoms with Crippen molar-refractivity contribution in [2.75, 3.05) is 0 Å². The fourth-order valence-electron chi connectivity index (χ4n) is 4.80. The van der Waals surface area contributed by atoms with Crippen LogP contribution in [0.5, 0.6) is 0 Å². The van der Waals surface area contributed by atoms with Crippen molar-refractivity contribution in [1.29, 1.82) is 0 Å². The van der Waals surface area contributed by atoms with Gasteiger partial charge < -0.3 is 4.57 Å². The Kier molecular flexibility index (Phi) is 4.62. The van der Waals surface area contributed by atoms with Crippen LogP contribution in [-0.4, -0.2) is 4.57 Å². The van der Waals surface area contributed by atoms with Gasteiger partial charge in [-0.1, -0.05) is 108 Å². The number of fused-ring (bicyclic) bond motifs is 3. The third-order valence-corrected chi connectivity index (χ3v) is 6.57. The molecular weight excluding hydrogens is 398 g/mol. The third-order valence-electron chi connectivity index (χ3n) is 6.57. The van der Waals surface area contributed by atoms with Crippen molar-refractivity contribution in [3.05, 3.63) is 126 Å².